The average Bonchev–Trinajstić information content (AvgIpc) is 2.41. The van der Waals surface area contributed by atoms with E-state index in [1.165, 1.54) is 0 Å². The summed E-state index contributed by atoms with van der Waals surface area (Å²) in [4.78, 5) is 16.5. The molecule has 0 aliphatic rings. The van der Waals surface area contributed by atoms with Crippen LogP contribution in [0.4, 0.5) is 11.4 Å². The monoisotopic (exact) mass is 333 g/mol. The van der Waals surface area contributed by atoms with Crippen molar-refractivity contribution in [1.82, 2.24) is 4.98 Å². The molecule has 0 radical (unpaired) electrons. The van der Waals surface area contributed by atoms with Gasteiger partial charge in [-0.05, 0) is 59.6 Å². The number of nitrogen functional groups attached to an aromatic ring is 1. The van der Waals surface area contributed by atoms with Crippen molar-refractivity contribution in [1.29, 1.82) is 0 Å². The summed E-state index contributed by atoms with van der Waals surface area (Å²) in [5.41, 5.74) is 8.78. The SMILES string of the molecule is Cc1nc(Br)ccc1NC(=O)C(C)c1cccc(N)c1. The largest absolute Gasteiger partial charge is 0.399 e. The van der Waals surface area contributed by atoms with Gasteiger partial charge in [-0.25, -0.2) is 4.98 Å². The molecule has 2 rings (SSSR count). The number of benzene rings is 1. The number of carbonyl (C=O) groups excluding carboxylic acids is 1. The van der Waals surface area contributed by atoms with Crippen molar-refractivity contribution in [2.75, 3.05) is 11.1 Å². The van der Waals surface area contributed by atoms with Crippen molar-refractivity contribution in [3.05, 3.63) is 52.3 Å². The number of hydrogen-bond acceptors (Lipinski definition) is 3. The Hall–Kier alpha value is -1.88. The quantitative estimate of drug-likeness (QED) is 0.667. The van der Waals surface area contributed by atoms with Crippen LogP contribution < -0.4 is 11.1 Å². The van der Waals surface area contributed by atoms with Gasteiger partial charge >= 0.3 is 0 Å². The molecule has 0 aliphatic heterocycles. The van der Waals surface area contributed by atoms with Gasteiger partial charge in [0, 0.05) is 5.69 Å². The molecule has 1 atom stereocenters. The van der Waals surface area contributed by atoms with Gasteiger partial charge < -0.3 is 11.1 Å². The molecule has 4 nitrogen and oxygen atoms in total. The Balaban J connectivity index is 2.15. The molecular formula is C15H16BrN3O. The smallest absolute Gasteiger partial charge is 0.231 e. The Morgan fingerprint density at radius 3 is 2.75 bits per heavy atom. The van der Waals surface area contributed by atoms with Crippen LogP contribution in [-0.2, 0) is 4.79 Å². The lowest BCUT2D eigenvalue weighted by Crippen LogP contribution is -2.19. The number of nitrogens with one attached hydrogen (secondary N) is 1. The summed E-state index contributed by atoms with van der Waals surface area (Å²) in [5, 5.41) is 2.89. The molecule has 1 unspecified atom stereocenters. The first-order valence-electron chi connectivity index (χ1n) is 6.27. The molecule has 2 aromatic rings. The summed E-state index contributed by atoms with van der Waals surface area (Å²) in [6.07, 6.45) is 0. The molecular weight excluding hydrogens is 318 g/mol. The lowest BCUT2D eigenvalue weighted by atomic mass is 10.00. The van der Waals surface area contributed by atoms with Crippen molar-refractivity contribution in [3.63, 3.8) is 0 Å². The summed E-state index contributed by atoms with van der Waals surface area (Å²) >= 11 is 3.30. The van der Waals surface area contributed by atoms with E-state index in [-0.39, 0.29) is 11.8 Å². The molecule has 0 fully saturated rings. The van der Waals surface area contributed by atoms with E-state index in [1.807, 2.05) is 38.1 Å². The van der Waals surface area contributed by atoms with Gasteiger partial charge in [0.15, 0.2) is 0 Å². The Labute approximate surface area is 126 Å². The number of nitrogens with two attached hydrogens (primary N) is 1. The van der Waals surface area contributed by atoms with Crippen LogP contribution in [0.15, 0.2) is 41.0 Å². The van der Waals surface area contributed by atoms with Gasteiger partial charge in [0.1, 0.15) is 4.60 Å². The van der Waals surface area contributed by atoms with E-state index in [9.17, 15) is 4.79 Å². The number of hydrogen-bond donors (Lipinski definition) is 2. The molecule has 0 aliphatic carbocycles. The van der Waals surface area contributed by atoms with Gasteiger partial charge in [-0.2, -0.15) is 0 Å². The van der Waals surface area contributed by atoms with E-state index >= 15 is 0 Å². The highest BCUT2D eigenvalue weighted by atomic mass is 79.9. The lowest BCUT2D eigenvalue weighted by Gasteiger charge is -2.14. The highest BCUT2D eigenvalue weighted by Gasteiger charge is 2.16. The van der Waals surface area contributed by atoms with E-state index in [0.29, 0.717) is 11.4 Å². The number of aryl methyl sites for hydroxylation is 1. The maximum atomic E-state index is 12.3. The van der Waals surface area contributed by atoms with Crippen molar-refractivity contribution in [2.45, 2.75) is 19.8 Å². The average molecular weight is 334 g/mol. The molecule has 0 saturated heterocycles. The lowest BCUT2D eigenvalue weighted by molar-refractivity contribution is -0.117. The highest BCUT2D eigenvalue weighted by Crippen LogP contribution is 2.21. The topological polar surface area (TPSA) is 68.0 Å². The van der Waals surface area contributed by atoms with E-state index in [2.05, 4.69) is 26.2 Å². The fraction of sp³-hybridized carbons (Fsp3) is 0.200. The van der Waals surface area contributed by atoms with E-state index < -0.39 is 0 Å². The minimum Gasteiger partial charge on any atom is -0.399 e. The second-order valence-corrected chi connectivity index (χ2v) is 5.46. The Morgan fingerprint density at radius 1 is 1.35 bits per heavy atom. The molecule has 0 bridgehead atoms. The first-order valence-corrected chi connectivity index (χ1v) is 7.06. The molecule has 0 saturated carbocycles. The Morgan fingerprint density at radius 2 is 2.10 bits per heavy atom. The number of pyridine rings is 1. The van der Waals surface area contributed by atoms with Crippen LogP contribution in [0, 0.1) is 6.92 Å². The maximum absolute atomic E-state index is 12.3. The fourth-order valence-corrected chi connectivity index (χ4v) is 2.28. The summed E-state index contributed by atoms with van der Waals surface area (Å²) in [6.45, 7) is 3.71. The number of nitrogens with zero attached hydrogens (tertiary/aromatic N) is 1. The van der Waals surface area contributed by atoms with Crippen LogP contribution in [0.2, 0.25) is 0 Å². The number of carbonyl (C=O) groups is 1. The van der Waals surface area contributed by atoms with Gasteiger partial charge in [0.25, 0.3) is 0 Å². The maximum Gasteiger partial charge on any atom is 0.231 e. The second-order valence-electron chi connectivity index (χ2n) is 4.65. The van der Waals surface area contributed by atoms with Crippen molar-refractivity contribution < 1.29 is 4.79 Å². The van der Waals surface area contributed by atoms with Crippen LogP contribution in [0.3, 0.4) is 0 Å². The number of amides is 1. The fourth-order valence-electron chi connectivity index (χ4n) is 1.88. The van der Waals surface area contributed by atoms with Gasteiger partial charge in [-0.15, -0.1) is 0 Å². The van der Waals surface area contributed by atoms with Gasteiger partial charge in [0.2, 0.25) is 5.91 Å². The molecule has 1 aromatic carbocycles. The van der Waals surface area contributed by atoms with Crippen molar-refractivity contribution in [2.24, 2.45) is 0 Å². The van der Waals surface area contributed by atoms with E-state index in [4.69, 9.17) is 5.73 Å². The molecule has 5 heteroatoms. The van der Waals surface area contributed by atoms with E-state index in [1.54, 1.807) is 12.1 Å². The van der Waals surface area contributed by atoms with Crippen LogP contribution in [0.25, 0.3) is 0 Å². The first kappa shape index (κ1) is 14.5. The van der Waals surface area contributed by atoms with Crippen molar-refractivity contribution >= 4 is 33.2 Å². The molecule has 1 aromatic heterocycles. The normalized spacial score (nSPS) is 11.9. The van der Waals surface area contributed by atoms with E-state index in [0.717, 1.165) is 15.9 Å². The van der Waals surface area contributed by atoms with Crippen LogP contribution >= 0.6 is 15.9 Å². The first-order chi connectivity index (χ1) is 9.47. The van der Waals surface area contributed by atoms with Gasteiger partial charge in [-0.1, -0.05) is 12.1 Å². The third kappa shape index (κ3) is 3.36. The third-order valence-corrected chi connectivity index (χ3v) is 3.56. The van der Waals surface area contributed by atoms with Crippen LogP contribution in [0.1, 0.15) is 24.1 Å². The molecule has 104 valence electrons. The summed E-state index contributed by atoms with van der Waals surface area (Å²) < 4.78 is 0.747. The summed E-state index contributed by atoms with van der Waals surface area (Å²) in [5.74, 6) is -0.357. The van der Waals surface area contributed by atoms with Crippen molar-refractivity contribution in [3.8, 4) is 0 Å². The number of anilines is 2. The van der Waals surface area contributed by atoms with Gasteiger partial charge in [-0.3, -0.25) is 4.79 Å². The highest BCUT2D eigenvalue weighted by molar-refractivity contribution is 9.10. The minimum atomic E-state index is -0.276. The van der Waals surface area contributed by atoms with Crippen LogP contribution in [-0.4, -0.2) is 10.9 Å². The van der Waals surface area contributed by atoms with Crippen LogP contribution in [0.5, 0.6) is 0 Å². The Kier molecular flexibility index (Phi) is 4.39. The second kappa shape index (κ2) is 6.05. The van der Waals surface area contributed by atoms with Gasteiger partial charge in [0.05, 0.1) is 17.3 Å². The standard InChI is InChI=1S/C15H16BrN3O/c1-9(11-4-3-5-12(17)8-11)15(20)19-13-6-7-14(16)18-10(13)2/h3-9H,17H2,1-2H3,(H,19,20). The zero-order valence-electron chi connectivity index (χ0n) is 11.4. The molecule has 1 amide bonds. The third-order valence-electron chi connectivity index (χ3n) is 3.11. The molecule has 0 spiro atoms. The number of halogens is 1. The predicted octanol–water partition coefficient (Wildman–Crippen LogP) is 3.48. The molecule has 3 N–H and O–H groups in total. The zero-order chi connectivity index (χ0) is 14.7. The minimum absolute atomic E-state index is 0.0807. The summed E-state index contributed by atoms with van der Waals surface area (Å²) in [7, 11) is 0. The molecule has 1 heterocycles. The number of aromatic nitrogens is 1. The zero-order valence-corrected chi connectivity index (χ0v) is 12.9. The predicted molar refractivity (Wildman–Crippen MR) is 84.6 cm³/mol. The molecule has 20 heavy (non-hydrogen) atoms. The number of rotatable bonds is 3. The Bertz CT molecular complexity index is 643. The summed E-state index contributed by atoms with van der Waals surface area (Å²) in [6, 6.07) is 11.0.